The van der Waals surface area contributed by atoms with Crippen LogP contribution < -0.4 is 20.5 Å². The van der Waals surface area contributed by atoms with Crippen LogP contribution in [0.1, 0.15) is 36.8 Å². The van der Waals surface area contributed by atoms with Crippen molar-refractivity contribution in [2.24, 2.45) is 10.7 Å². The van der Waals surface area contributed by atoms with E-state index in [1.54, 1.807) is 7.11 Å². The zero-order chi connectivity index (χ0) is 18.4. The molecule has 5 nitrogen and oxygen atoms in total. The molecule has 1 fully saturated rings. The van der Waals surface area contributed by atoms with E-state index in [1.165, 1.54) is 18.4 Å². The van der Waals surface area contributed by atoms with Crippen LogP contribution in [0, 0.1) is 6.92 Å². The molecule has 2 aromatic rings. The number of nitrogens with two attached hydrogens (primary N) is 1. The van der Waals surface area contributed by atoms with Crippen molar-refractivity contribution < 1.29 is 9.47 Å². The van der Waals surface area contributed by atoms with Gasteiger partial charge in [0, 0.05) is 17.3 Å². The summed E-state index contributed by atoms with van der Waals surface area (Å²) in [7, 11) is 1.66. The van der Waals surface area contributed by atoms with E-state index in [-0.39, 0.29) is 30.1 Å². The first-order valence-corrected chi connectivity index (χ1v) is 9.11. The number of aryl methyl sites for hydroxylation is 1. The van der Waals surface area contributed by atoms with E-state index in [0.29, 0.717) is 12.5 Å². The molecule has 0 atom stereocenters. The van der Waals surface area contributed by atoms with Gasteiger partial charge in [-0.1, -0.05) is 17.7 Å². The van der Waals surface area contributed by atoms with E-state index in [4.69, 9.17) is 15.2 Å². The van der Waals surface area contributed by atoms with E-state index in [2.05, 4.69) is 17.2 Å². The van der Waals surface area contributed by atoms with Crippen LogP contribution in [0.15, 0.2) is 47.5 Å². The van der Waals surface area contributed by atoms with Crippen LogP contribution in [-0.2, 0) is 6.54 Å². The Morgan fingerprint density at radius 2 is 1.85 bits per heavy atom. The average molecular weight is 481 g/mol. The van der Waals surface area contributed by atoms with Crippen molar-refractivity contribution in [1.82, 2.24) is 0 Å². The van der Waals surface area contributed by atoms with E-state index in [9.17, 15) is 0 Å². The van der Waals surface area contributed by atoms with Gasteiger partial charge >= 0.3 is 0 Å². The molecule has 3 rings (SSSR count). The Labute approximate surface area is 178 Å². The molecule has 1 aliphatic rings. The molecule has 2 aromatic carbocycles. The highest BCUT2D eigenvalue weighted by Gasteiger charge is 2.18. The molecule has 0 radical (unpaired) electrons. The highest BCUT2D eigenvalue weighted by molar-refractivity contribution is 14.0. The molecule has 0 aromatic heterocycles. The monoisotopic (exact) mass is 481 g/mol. The van der Waals surface area contributed by atoms with Gasteiger partial charge in [-0.15, -0.1) is 24.0 Å². The standard InChI is InChI=1S/C21H27N3O2.HI/c1-15-7-10-17(11-8-15)24-21(22)23-14-16-9-12-19(25-2)13-20(16)26-18-5-3-4-6-18;/h7-13,18H,3-6,14H2,1-2H3,(H3,22,23,24);1H. The van der Waals surface area contributed by atoms with Gasteiger partial charge in [0.25, 0.3) is 0 Å². The first-order valence-electron chi connectivity index (χ1n) is 9.11. The number of rotatable bonds is 6. The van der Waals surface area contributed by atoms with Crippen LogP contribution in [-0.4, -0.2) is 19.2 Å². The van der Waals surface area contributed by atoms with Gasteiger partial charge < -0.3 is 20.5 Å². The number of benzene rings is 2. The maximum absolute atomic E-state index is 6.20. The molecule has 0 unspecified atom stereocenters. The Kier molecular flexibility index (Phi) is 8.22. The summed E-state index contributed by atoms with van der Waals surface area (Å²) in [5.41, 5.74) is 9.17. The number of hydrogen-bond donors (Lipinski definition) is 2. The number of anilines is 1. The molecule has 146 valence electrons. The molecule has 1 saturated carbocycles. The van der Waals surface area contributed by atoms with E-state index >= 15 is 0 Å². The molecule has 6 heteroatoms. The van der Waals surface area contributed by atoms with Crippen LogP contribution in [0.25, 0.3) is 0 Å². The van der Waals surface area contributed by atoms with Crippen LogP contribution in [0.5, 0.6) is 11.5 Å². The molecule has 0 aliphatic heterocycles. The predicted octanol–water partition coefficient (Wildman–Crippen LogP) is 4.87. The summed E-state index contributed by atoms with van der Waals surface area (Å²) in [6, 6.07) is 13.9. The Balaban J connectivity index is 0.00000261. The van der Waals surface area contributed by atoms with Gasteiger partial charge in [0.05, 0.1) is 19.8 Å². The Morgan fingerprint density at radius 3 is 2.52 bits per heavy atom. The summed E-state index contributed by atoms with van der Waals surface area (Å²) >= 11 is 0. The number of ether oxygens (including phenoxy) is 2. The van der Waals surface area contributed by atoms with Crippen molar-refractivity contribution in [2.45, 2.75) is 45.3 Å². The Bertz CT molecular complexity index is 757. The van der Waals surface area contributed by atoms with Gasteiger partial charge in [-0.2, -0.15) is 0 Å². The zero-order valence-electron chi connectivity index (χ0n) is 15.9. The first kappa shape index (κ1) is 21.3. The van der Waals surface area contributed by atoms with E-state index in [1.807, 2.05) is 42.5 Å². The minimum atomic E-state index is 0. The molecule has 27 heavy (non-hydrogen) atoms. The second-order valence-corrected chi connectivity index (χ2v) is 6.69. The summed E-state index contributed by atoms with van der Waals surface area (Å²) in [4.78, 5) is 4.47. The fourth-order valence-corrected chi connectivity index (χ4v) is 3.08. The number of nitrogens with zero attached hydrogens (tertiary/aromatic N) is 1. The number of guanidine groups is 1. The molecular weight excluding hydrogens is 453 g/mol. The molecule has 0 saturated heterocycles. The van der Waals surface area contributed by atoms with Gasteiger partial charge in [-0.05, 0) is 56.9 Å². The lowest BCUT2D eigenvalue weighted by molar-refractivity contribution is 0.207. The highest BCUT2D eigenvalue weighted by atomic mass is 127. The molecular formula is C21H28IN3O2. The van der Waals surface area contributed by atoms with E-state index < -0.39 is 0 Å². The zero-order valence-corrected chi connectivity index (χ0v) is 18.2. The quantitative estimate of drug-likeness (QED) is 0.351. The van der Waals surface area contributed by atoms with Gasteiger partial charge in [0.1, 0.15) is 11.5 Å². The van der Waals surface area contributed by atoms with Crippen molar-refractivity contribution in [3.63, 3.8) is 0 Å². The van der Waals surface area contributed by atoms with Crippen molar-refractivity contribution in [1.29, 1.82) is 0 Å². The lowest BCUT2D eigenvalue weighted by Gasteiger charge is -2.17. The molecule has 0 amide bonds. The topological polar surface area (TPSA) is 68.9 Å². The van der Waals surface area contributed by atoms with E-state index in [0.717, 1.165) is 35.6 Å². The molecule has 3 N–H and O–H groups in total. The van der Waals surface area contributed by atoms with Gasteiger partial charge in [0.2, 0.25) is 0 Å². The van der Waals surface area contributed by atoms with Gasteiger partial charge in [-0.25, -0.2) is 4.99 Å². The fourth-order valence-electron chi connectivity index (χ4n) is 3.08. The van der Waals surface area contributed by atoms with Crippen LogP contribution in [0.2, 0.25) is 0 Å². The lowest BCUT2D eigenvalue weighted by Crippen LogP contribution is -2.22. The van der Waals surface area contributed by atoms with Crippen molar-refractivity contribution >= 4 is 35.6 Å². The number of aliphatic imine (C=N–C) groups is 1. The van der Waals surface area contributed by atoms with Gasteiger partial charge in [0.15, 0.2) is 5.96 Å². The average Bonchev–Trinajstić information content (AvgIpc) is 3.15. The SMILES string of the molecule is COc1ccc(CN=C(N)Nc2ccc(C)cc2)c(OC2CCCC2)c1.I. The maximum Gasteiger partial charge on any atom is 0.193 e. The summed E-state index contributed by atoms with van der Waals surface area (Å²) in [6.45, 7) is 2.51. The second-order valence-electron chi connectivity index (χ2n) is 6.69. The normalized spacial score (nSPS) is 14.5. The fraction of sp³-hybridized carbons (Fsp3) is 0.381. The van der Waals surface area contributed by atoms with Crippen molar-refractivity contribution in [3.8, 4) is 11.5 Å². The summed E-state index contributed by atoms with van der Waals surface area (Å²) < 4.78 is 11.5. The number of nitrogens with one attached hydrogen (secondary N) is 1. The Morgan fingerprint density at radius 1 is 1.15 bits per heavy atom. The predicted molar refractivity (Wildman–Crippen MR) is 121 cm³/mol. The molecule has 0 bridgehead atoms. The van der Waals surface area contributed by atoms with Crippen LogP contribution >= 0.6 is 24.0 Å². The minimum Gasteiger partial charge on any atom is -0.497 e. The van der Waals surface area contributed by atoms with Crippen molar-refractivity contribution in [3.05, 3.63) is 53.6 Å². The largest absolute Gasteiger partial charge is 0.497 e. The summed E-state index contributed by atoms with van der Waals surface area (Å²) in [5.74, 6) is 2.01. The highest BCUT2D eigenvalue weighted by Crippen LogP contribution is 2.30. The third kappa shape index (κ3) is 6.30. The number of methoxy groups -OCH3 is 1. The smallest absolute Gasteiger partial charge is 0.193 e. The summed E-state index contributed by atoms with van der Waals surface area (Å²) in [5, 5.41) is 3.12. The third-order valence-corrected chi connectivity index (χ3v) is 4.61. The molecule has 0 heterocycles. The third-order valence-electron chi connectivity index (χ3n) is 4.61. The number of halogens is 1. The number of hydrogen-bond acceptors (Lipinski definition) is 3. The Hall–Kier alpha value is -1.96. The van der Waals surface area contributed by atoms with Crippen LogP contribution in [0.4, 0.5) is 5.69 Å². The first-order chi connectivity index (χ1) is 12.6. The molecule has 1 aliphatic carbocycles. The second kappa shape index (κ2) is 10.4. The minimum absolute atomic E-state index is 0. The van der Waals surface area contributed by atoms with Gasteiger partial charge in [-0.3, -0.25) is 0 Å². The lowest BCUT2D eigenvalue weighted by atomic mass is 10.2. The maximum atomic E-state index is 6.20. The molecule has 0 spiro atoms. The summed E-state index contributed by atoms with van der Waals surface area (Å²) in [6.07, 6.45) is 4.96. The van der Waals surface area contributed by atoms with Crippen molar-refractivity contribution in [2.75, 3.05) is 12.4 Å². The van der Waals surface area contributed by atoms with Crippen LogP contribution in [0.3, 0.4) is 0 Å².